The SMILES string of the molecule is CC1=NN(C)C(=O)/C1=C\c1ccccc1. The predicted octanol–water partition coefficient (Wildman–Crippen LogP) is 1.92. The van der Waals surface area contributed by atoms with Crippen LogP contribution in [0.5, 0.6) is 0 Å². The van der Waals surface area contributed by atoms with Gasteiger partial charge >= 0.3 is 0 Å². The van der Waals surface area contributed by atoms with Gasteiger partial charge < -0.3 is 0 Å². The number of hydrogen-bond acceptors (Lipinski definition) is 2. The lowest BCUT2D eigenvalue weighted by Gasteiger charge is -2.01. The maximum atomic E-state index is 11.7. The van der Waals surface area contributed by atoms with E-state index in [-0.39, 0.29) is 5.91 Å². The second-order valence-electron chi connectivity index (χ2n) is 3.48. The fourth-order valence-corrected chi connectivity index (χ4v) is 1.54. The molecule has 0 atom stereocenters. The molecular formula is C12H12N2O. The van der Waals surface area contributed by atoms with Crippen molar-refractivity contribution >= 4 is 17.7 Å². The molecule has 1 amide bonds. The van der Waals surface area contributed by atoms with E-state index in [0.29, 0.717) is 5.57 Å². The molecular weight excluding hydrogens is 188 g/mol. The van der Waals surface area contributed by atoms with Crippen molar-refractivity contribution < 1.29 is 4.79 Å². The van der Waals surface area contributed by atoms with Crippen molar-refractivity contribution in [3.05, 3.63) is 41.5 Å². The van der Waals surface area contributed by atoms with Crippen LogP contribution in [0.25, 0.3) is 6.08 Å². The summed E-state index contributed by atoms with van der Waals surface area (Å²) in [6, 6.07) is 9.77. The monoisotopic (exact) mass is 200 g/mol. The molecule has 1 aliphatic heterocycles. The molecule has 1 heterocycles. The standard InChI is InChI=1S/C12H12N2O/c1-9-11(12(15)14(2)13-9)8-10-6-4-3-5-7-10/h3-8H,1-2H3/b11-8-. The third-order valence-corrected chi connectivity index (χ3v) is 2.32. The van der Waals surface area contributed by atoms with Crippen LogP contribution in [0.15, 0.2) is 41.0 Å². The topological polar surface area (TPSA) is 32.7 Å². The first-order valence-electron chi connectivity index (χ1n) is 4.79. The van der Waals surface area contributed by atoms with Gasteiger partial charge in [-0.05, 0) is 18.6 Å². The second-order valence-corrected chi connectivity index (χ2v) is 3.48. The highest BCUT2D eigenvalue weighted by molar-refractivity contribution is 6.26. The van der Waals surface area contributed by atoms with Gasteiger partial charge in [0.25, 0.3) is 5.91 Å². The Kier molecular flexibility index (Phi) is 2.37. The van der Waals surface area contributed by atoms with Gasteiger partial charge in [0.1, 0.15) is 0 Å². The van der Waals surface area contributed by atoms with E-state index < -0.39 is 0 Å². The minimum atomic E-state index is -0.0450. The lowest BCUT2D eigenvalue weighted by molar-refractivity contribution is -0.124. The summed E-state index contributed by atoms with van der Waals surface area (Å²) in [5.74, 6) is -0.0450. The summed E-state index contributed by atoms with van der Waals surface area (Å²) in [6.45, 7) is 1.84. The Morgan fingerprint density at radius 3 is 2.47 bits per heavy atom. The van der Waals surface area contributed by atoms with Gasteiger partial charge in [-0.25, -0.2) is 5.01 Å². The molecule has 0 aromatic heterocycles. The number of hydrogen-bond donors (Lipinski definition) is 0. The Hall–Kier alpha value is -1.90. The molecule has 0 radical (unpaired) electrons. The van der Waals surface area contributed by atoms with Crippen molar-refractivity contribution in [2.75, 3.05) is 7.05 Å². The average Bonchev–Trinajstić information content (AvgIpc) is 2.47. The van der Waals surface area contributed by atoms with Gasteiger partial charge in [-0.2, -0.15) is 5.10 Å². The first-order chi connectivity index (χ1) is 7.18. The van der Waals surface area contributed by atoms with Crippen LogP contribution in [0.1, 0.15) is 12.5 Å². The lowest BCUT2D eigenvalue weighted by Crippen LogP contribution is -2.16. The Bertz CT molecular complexity index is 446. The molecule has 15 heavy (non-hydrogen) atoms. The molecule has 3 nitrogen and oxygen atoms in total. The second kappa shape index (κ2) is 3.69. The average molecular weight is 200 g/mol. The van der Waals surface area contributed by atoms with E-state index in [0.717, 1.165) is 11.3 Å². The summed E-state index contributed by atoms with van der Waals surface area (Å²) in [7, 11) is 1.66. The molecule has 1 aromatic rings. The predicted molar refractivity (Wildman–Crippen MR) is 60.3 cm³/mol. The summed E-state index contributed by atoms with van der Waals surface area (Å²) < 4.78 is 0. The van der Waals surface area contributed by atoms with Gasteiger partial charge in [0.2, 0.25) is 0 Å². The number of rotatable bonds is 1. The number of nitrogens with zero attached hydrogens (tertiary/aromatic N) is 2. The van der Waals surface area contributed by atoms with E-state index >= 15 is 0 Å². The van der Waals surface area contributed by atoms with Gasteiger partial charge in [0, 0.05) is 7.05 Å². The van der Waals surface area contributed by atoms with Crippen molar-refractivity contribution in [1.29, 1.82) is 0 Å². The van der Waals surface area contributed by atoms with Crippen LogP contribution < -0.4 is 0 Å². The number of benzene rings is 1. The van der Waals surface area contributed by atoms with E-state index in [1.54, 1.807) is 7.05 Å². The smallest absolute Gasteiger partial charge is 0.267 e. The first-order valence-corrected chi connectivity index (χ1v) is 4.79. The molecule has 0 fully saturated rings. The van der Waals surface area contributed by atoms with Crippen molar-refractivity contribution in [3.63, 3.8) is 0 Å². The van der Waals surface area contributed by atoms with Crippen LogP contribution in [0, 0.1) is 0 Å². The Balaban J connectivity index is 2.37. The van der Waals surface area contributed by atoms with E-state index in [1.165, 1.54) is 5.01 Å². The summed E-state index contributed by atoms with van der Waals surface area (Å²) in [6.07, 6.45) is 1.87. The van der Waals surface area contributed by atoms with Crippen molar-refractivity contribution in [1.82, 2.24) is 5.01 Å². The lowest BCUT2D eigenvalue weighted by atomic mass is 10.1. The zero-order valence-electron chi connectivity index (χ0n) is 8.77. The van der Waals surface area contributed by atoms with E-state index in [9.17, 15) is 4.79 Å². The fraction of sp³-hybridized carbons (Fsp3) is 0.167. The molecule has 1 aromatic carbocycles. The number of carbonyl (C=O) groups excluding carboxylic acids is 1. The van der Waals surface area contributed by atoms with Crippen molar-refractivity contribution in [2.24, 2.45) is 5.10 Å². The number of carbonyl (C=O) groups is 1. The summed E-state index contributed by atoms with van der Waals surface area (Å²) in [5.41, 5.74) is 2.46. The van der Waals surface area contributed by atoms with Crippen LogP contribution in [0.2, 0.25) is 0 Å². The molecule has 0 aliphatic carbocycles. The summed E-state index contributed by atoms with van der Waals surface area (Å²) in [4.78, 5) is 11.7. The Morgan fingerprint density at radius 2 is 1.93 bits per heavy atom. The molecule has 2 rings (SSSR count). The molecule has 1 aliphatic rings. The zero-order chi connectivity index (χ0) is 10.8. The van der Waals surface area contributed by atoms with E-state index in [2.05, 4.69) is 5.10 Å². The minimum Gasteiger partial charge on any atom is -0.267 e. The first kappa shape index (κ1) is 9.65. The van der Waals surface area contributed by atoms with E-state index in [1.807, 2.05) is 43.3 Å². The summed E-state index contributed by atoms with van der Waals surface area (Å²) in [5, 5.41) is 5.44. The van der Waals surface area contributed by atoms with E-state index in [4.69, 9.17) is 0 Å². The highest BCUT2D eigenvalue weighted by Crippen LogP contribution is 2.16. The molecule has 0 spiro atoms. The van der Waals surface area contributed by atoms with Crippen LogP contribution in [0.4, 0.5) is 0 Å². The van der Waals surface area contributed by atoms with Gasteiger partial charge in [0.15, 0.2) is 0 Å². The highest BCUT2D eigenvalue weighted by Gasteiger charge is 2.23. The van der Waals surface area contributed by atoms with Crippen LogP contribution in [0.3, 0.4) is 0 Å². The molecule has 76 valence electrons. The third kappa shape index (κ3) is 1.81. The van der Waals surface area contributed by atoms with Crippen LogP contribution in [-0.2, 0) is 4.79 Å². The van der Waals surface area contributed by atoms with Crippen molar-refractivity contribution in [2.45, 2.75) is 6.92 Å². The van der Waals surface area contributed by atoms with Crippen LogP contribution >= 0.6 is 0 Å². The molecule has 3 heteroatoms. The molecule has 0 unspecified atom stereocenters. The van der Waals surface area contributed by atoms with Gasteiger partial charge in [0.05, 0.1) is 11.3 Å². The summed E-state index contributed by atoms with van der Waals surface area (Å²) >= 11 is 0. The zero-order valence-corrected chi connectivity index (χ0v) is 8.77. The van der Waals surface area contributed by atoms with Gasteiger partial charge in [-0.15, -0.1) is 0 Å². The Labute approximate surface area is 88.7 Å². The number of amides is 1. The van der Waals surface area contributed by atoms with Gasteiger partial charge in [-0.3, -0.25) is 4.79 Å². The number of likely N-dealkylation sites (N-methyl/N-ethyl adjacent to an activating group) is 1. The third-order valence-electron chi connectivity index (χ3n) is 2.32. The molecule has 0 bridgehead atoms. The quantitative estimate of drug-likeness (QED) is 0.637. The maximum Gasteiger partial charge on any atom is 0.275 e. The Morgan fingerprint density at radius 1 is 1.27 bits per heavy atom. The maximum absolute atomic E-state index is 11.7. The minimum absolute atomic E-state index is 0.0450. The molecule has 0 saturated heterocycles. The fourth-order valence-electron chi connectivity index (χ4n) is 1.54. The normalized spacial score (nSPS) is 18.5. The molecule has 0 N–H and O–H groups in total. The van der Waals surface area contributed by atoms with Gasteiger partial charge in [-0.1, -0.05) is 30.3 Å². The highest BCUT2D eigenvalue weighted by atomic mass is 16.2. The molecule has 0 saturated carbocycles. The largest absolute Gasteiger partial charge is 0.275 e. The van der Waals surface area contributed by atoms with Crippen LogP contribution in [-0.4, -0.2) is 23.7 Å². The van der Waals surface area contributed by atoms with Crippen molar-refractivity contribution in [3.8, 4) is 0 Å². The number of hydrazone groups is 1.